The van der Waals surface area contributed by atoms with Gasteiger partial charge >= 0.3 is 5.97 Å². The number of carboxylic acids is 1. The predicted molar refractivity (Wildman–Crippen MR) is 93.5 cm³/mol. The fraction of sp³-hybridized carbons (Fsp3) is 0.316. The largest absolute Gasteiger partial charge is 0.487 e. The van der Waals surface area contributed by atoms with Crippen LogP contribution in [0, 0.1) is 12.3 Å². The molecule has 0 unspecified atom stereocenters. The molecule has 0 fully saturated rings. The molecule has 2 rings (SSSR count). The van der Waals surface area contributed by atoms with E-state index in [9.17, 15) is 9.59 Å². The molecule has 0 aliphatic rings. The van der Waals surface area contributed by atoms with E-state index in [0.29, 0.717) is 17.9 Å². The number of amides is 1. The highest BCUT2D eigenvalue weighted by Crippen LogP contribution is 2.15. The summed E-state index contributed by atoms with van der Waals surface area (Å²) in [7, 11) is 0. The number of rotatable bonds is 7. The van der Waals surface area contributed by atoms with Gasteiger partial charge in [-0.25, -0.2) is 0 Å². The van der Waals surface area contributed by atoms with Gasteiger partial charge in [-0.1, -0.05) is 12.1 Å². The number of nitrogens with one attached hydrogen (secondary N) is 1. The molecule has 1 amide bonds. The zero-order chi connectivity index (χ0) is 18.4. The Balaban J connectivity index is 1.96. The molecule has 0 spiro atoms. The Morgan fingerprint density at radius 1 is 1.24 bits per heavy atom. The van der Waals surface area contributed by atoms with Crippen molar-refractivity contribution in [3.8, 4) is 5.75 Å². The van der Waals surface area contributed by atoms with E-state index in [2.05, 4.69) is 10.3 Å². The molecule has 2 aromatic rings. The zero-order valence-corrected chi connectivity index (χ0v) is 14.6. The van der Waals surface area contributed by atoms with Crippen LogP contribution in [0.1, 0.15) is 35.5 Å². The van der Waals surface area contributed by atoms with Crippen molar-refractivity contribution in [3.63, 3.8) is 0 Å². The summed E-state index contributed by atoms with van der Waals surface area (Å²) in [6.07, 6.45) is 1.65. The van der Waals surface area contributed by atoms with Crippen molar-refractivity contribution in [2.45, 2.75) is 27.4 Å². The third-order valence-corrected chi connectivity index (χ3v) is 3.75. The number of aryl methyl sites for hydroxylation is 1. The van der Waals surface area contributed by atoms with Crippen molar-refractivity contribution >= 4 is 11.9 Å². The maximum absolute atomic E-state index is 12.2. The van der Waals surface area contributed by atoms with Gasteiger partial charge in [0.25, 0.3) is 5.91 Å². The van der Waals surface area contributed by atoms with Gasteiger partial charge in [0.05, 0.1) is 11.6 Å². The Hall–Kier alpha value is -2.89. The lowest BCUT2D eigenvalue weighted by molar-refractivity contribution is -0.146. The molecule has 1 heterocycles. The summed E-state index contributed by atoms with van der Waals surface area (Å²) >= 11 is 0. The van der Waals surface area contributed by atoms with E-state index >= 15 is 0 Å². The van der Waals surface area contributed by atoms with Crippen LogP contribution in [0.5, 0.6) is 5.75 Å². The number of aromatic nitrogens is 1. The van der Waals surface area contributed by atoms with Crippen LogP contribution in [-0.2, 0) is 11.4 Å². The van der Waals surface area contributed by atoms with Crippen LogP contribution in [0.25, 0.3) is 0 Å². The van der Waals surface area contributed by atoms with Gasteiger partial charge in [-0.2, -0.15) is 0 Å². The van der Waals surface area contributed by atoms with Crippen LogP contribution in [-0.4, -0.2) is 28.5 Å². The molecule has 25 heavy (non-hydrogen) atoms. The normalized spacial score (nSPS) is 11.0. The second kappa shape index (κ2) is 7.79. The molecule has 6 nitrogen and oxygen atoms in total. The Labute approximate surface area is 146 Å². The van der Waals surface area contributed by atoms with Gasteiger partial charge in [0, 0.05) is 17.8 Å². The second-order valence-electron chi connectivity index (χ2n) is 6.50. The predicted octanol–water partition coefficient (Wildman–Crippen LogP) is 2.81. The van der Waals surface area contributed by atoms with Gasteiger partial charge in [-0.05, 0) is 50.6 Å². The Morgan fingerprint density at radius 3 is 2.64 bits per heavy atom. The maximum atomic E-state index is 12.2. The highest BCUT2D eigenvalue weighted by molar-refractivity contribution is 5.94. The molecule has 2 N–H and O–H groups in total. The number of benzene rings is 1. The van der Waals surface area contributed by atoms with Crippen LogP contribution in [0.3, 0.4) is 0 Å². The molecule has 0 saturated carbocycles. The van der Waals surface area contributed by atoms with Crippen LogP contribution in [0.4, 0.5) is 0 Å². The minimum atomic E-state index is -1.02. The van der Waals surface area contributed by atoms with E-state index in [0.717, 1.165) is 11.3 Å². The highest BCUT2D eigenvalue weighted by Gasteiger charge is 2.27. The summed E-state index contributed by atoms with van der Waals surface area (Å²) < 4.78 is 5.66. The average molecular weight is 342 g/mol. The van der Waals surface area contributed by atoms with Crippen LogP contribution < -0.4 is 10.1 Å². The monoisotopic (exact) mass is 342 g/mol. The summed E-state index contributed by atoms with van der Waals surface area (Å²) in [4.78, 5) is 27.5. The molecular formula is C19H22N2O4. The number of pyridine rings is 1. The van der Waals surface area contributed by atoms with Crippen LogP contribution >= 0.6 is 0 Å². The maximum Gasteiger partial charge on any atom is 0.310 e. The second-order valence-corrected chi connectivity index (χ2v) is 6.50. The summed E-state index contributed by atoms with van der Waals surface area (Å²) in [5.74, 6) is -0.613. The first kappa shape index (κ1) is 18.4. The number of aliphatic carboxylic acids is 1. The molecule has 0 atom stereocenters. The van der Waals surface area contributed by atoms with E-state index in [-0.39, 0.29) is 12.5 Å². The van der Waals surface area contributed by atoms with E-state index in [1.165, 1.54) is 0 Å². The van der Waals surface area contributed by atoms with Crippen molar-refractivity contribution in [2.24, 2.45) is 5.41 Å². The first-order valence-corrected chi connectivity index (χ1v) is 7.94. The quantitative estimate of drug-likeness (QED) is 0.808. The molecule has 1 aromatic carbocycles. The number of nitrogens with zero attached hydrogens (tertiary/aromatic N) is 1. The van der Waals surface area contributed by atoms with Crippen molar-refractivity contribution in [1.82, 2.24) is 10.3 Å². The number of carboxylic acid groups (broad SMARTS) is 1. The topological polar surface area (TPSA) is 88.5 Å². The zero-order valence-electron chi connectivity index (χ0n) is 14.6. The lowest BCUT2D eigenvalue weighted by atomic mass is 9.94. The fourth-order valence-electron chi connectivity index (χ4n) is 1.99. The smallest absolute Gasteiger partial charge is 0.310 e. The minimum absolute atomic E-state index is 0.0525. The van der Waals surface area contributed by atoms with Gasteiger partial charge in [0.2, 0.25) is 0 Å². The number of hydrogen-bond acceptors (Lipinski definition) is 4. The molecule has 132 valence electrons. The SMILES string of the molecule is Cc1ccc(OCc2cccc(C(=O)NCC(C)(C)C(=O)O)c2)cn1. The van der Waals surface area contributed by atoms with E-state index < -0.39 is 11.4 Å². The molecule has 0 aliphatic carbocycles. The third kappa shape index (κ3) is 5.31. The summed E-state index contributed by atoms with van der Waals surface area (Å²) in [6.45, 7) is 5.39. The Bertz CT molecular complexity index is 754. The van der Waals surface area contributed by atoms with E-state index in [1.54, 1.807) is 38.2 Å². The lowest BCUT2D eigenvalue weighted by Crippen LogP contribution is -2.38. The first-order chi connectivity index (χ1) is 11.8. The number of hydrogen-bond donors (Lipinski definition) is 2. The fourth-order valence-corrected chi connectivity index (χ4v) is 1.99. The number of ether oxygens (including phenoxy) is 1. The summed E-state index contributed by atoms with van der Waals surface area (Å²) in [5, 5.41) is 11.7. The molecule has 0 aliphatic heterocycles. The molecule has 0 saturated heterocycles. The average Bonchev–Trinajstić information content (AvgIpc) is 2.59. The van der Waals surface area contributed by atoms with Crippen LogP contribution in [0.15, 0.2) is 42.6 Å². The summed E-state index contributed by atoms with van der Waals surface area (Å²) in [5.41, 5.74) is 1.19. The Morgan fingerprint density at radius 2 is 2.00 bits per heavy atom. The van der Waals surface area contributed by atoms with Crippen molar-refractivity contribution < 1.29 is 19.4 Å². The van der Waals surface area contributed by atoms with Crippen LogP contribution in [0.2, 0.25) is 0 Å². The standard InChI is InChI=1S/C19H22N2O4/c1-13-7-8-16(10-20-13)25-11-14-5-4-6-15(9-14)17(22)21-12-19(2,3)18(23)24/h4-10H,11-12H2,1-3H3,(H,21,22)(H,23,24). The van der Waals surface area contributed by atoms with Gasteiger partial charge in [0.1, 0.15) is 12.4 Å². The van der Waals surface area contributed by atoms with Gasteiger partial charge in [0.15, 0.2) is 0 Å². The van der Waals surface area contributed by atoms with Gasteiger partial charge in [-0.3, -0.25) is 14.6 Å². The van der Waals surface area contributed by atoms with Crippen molar-refractivity contribution in [2.75, 3.05) is 6.54 Å². The molecule has 1 aromatic heterocycles. The number of carbonyl (C=O) groups is 2. The van der Waals surface area contributed by atoms with Crippen molar-refractivity contribution in [1.29, 1.82) is 0 Å². The lowest BCUT2D eigenvalue weighted by Gasteiger charge is -2.19. The summed E-state index contributed by atoms with van der Waals surface area (Å²) in [6, 6.07) is 10.7. The molecule has 0 radical (unpaired) electrons. The third-order valence-electron chi connectivity index (χ3n) is 3.75. The first-order valence-electron chi connectivity index (χ1n) is 7.94. The molecular weight excluding hydrogens is 320 g/mol. The van der Waals surface area contributed by atoms with E-state index in [4.69, 9.17) is 9.84 Å². The molecule has 6 heteroatoms. The molecule has 0 bridgehead atoms. The minimum Gasteiger partial charge on any atom is -0.487 e. The number of carbonyl (C=O) groups excluding carboxylic acids is 1. The van der Waals surface area contributed by atoms with Gasteiger partial charge in [-0.15, -0.1) is 0 Å². The Kier molecular flexibility index (Phi) is 5.75. The van der Waals surface area contributed by atoms with Crippen molar-refractivity contribution in [3.05, 3.63) is 59.4 Å². The van der Waals surface area contributed by atoms with E-state index in [1.807, 2.05) is 25.1 Å². The van der Waals surface area contributed by atoms with Gasteiger partial charge < -0.3 is 15.2 Å². The highest BCUT2D eigenvalue weighted by atomic mass is 16.5.